The second kappa shape index (κ2) is 8.11. The third-order valence-corrected chi connectivity index (χ3v) is 1.81. The molecule has 0 spiro atoms. The molecular weight excluding hydrogens is 202 g/mol. The van der Waals surface area contributed by atoms with Gasteiger partial charge < -0.3 is 0 Å². The molecule has 0 aliphatic rings. The van der Waals surface area contributed by atoms with Crippen LogP contribution in [0, 0.1) is 0 Å². The summed E-state index contributed by atoms with van der Waals surface area (Å²) in [6.07, 6.45) is 3.56. The molecule has 1 N–H and O–H groups in total. The fourth-order valence-electron chi connectivity index (χ4n) is 0.920. The molecule has 0 aromatic heterocycles. The number of carbonyl (C=O) groups excluding carboxylic acids is 1. The van der Waals surface area contributed by atoms with Crippen molar-refractivity contribution >= 4 is 6.41 Å². The number of nitrogens with zero attached hydrogens (tertiary/aromatic N) is 1. The molecule has 0 fully saturated rings. The molecular formula is C10H16F2N2O. The number of carbonyl (C=O) groups is 1. The molecule has 3 nitrogen and oxygen atoms in total. The lowest BCUT2D eigenvalue weighted by Crippen LogP contribution is -2.36. The predicted molar refractivity (Wildman–Crippen MR) is 55.6 cm³/mol. The first-order chi connectivity index (χ1) is 7.15. The van der Waals surface area contributed by atoms with Gasteiger partial charge in [0, 0.05) is 7.05 Å². The highest BCUT2D eigenvalue weighted by Crippen LogP contribution is 2.07. The summed E-state index contributed by atoms with van der Waals surface area (Å²) in [7, 11) is 1.56. The van der Waals surface area contributed by atoms with E-state index in [0.29, 0.717) is 12.0 Å². The summed E-state index contributed by atoms with van der Waals surface area (Å²) >= 11 is 0. The van der Waals surface area contributed by atoms with Crippen molar-refractivity contribution in [3.05, 3.63) is 23.8 Å². The zero-order valence-corrected chi connectivity index (χ0v) is 8.91. The number of hydrogen-bond acceptors (Lipinski definition) is 2. The lowest BCUT2D eigenvalue weighted by molar-refractivity contribution is -0.120. The van der Waals surface area contributed by atoms with E-state index in [2.05, 4.69) is 5.43 Å². The molecule has 1 amide bonds. The largest absolute Gasteiger partial charge is 0.277 e. The average molecular weight is 218 g/mol. The van der Waals surface area contributed by atoms with Crippen LogP contribution in [-0.4, -0.2) is 37.9 Å². The van der Waals surface area contributed by atoms with Crippen LogP contribution in [0.5, 0.6) is 0 Å². The molecule has 0 saturated carbocycles. The van der Waals surface area contributed by atoms with Gasteiger partial charge in [-0.05, 0) is 12.5 Å². The van der Waals surface area contributed by atoms with Gasteiger partial charge >= 0.3 is 0 Å². The molecule has 0 aromatic carbocycles. The van der Waals surface area contributed by atoms with E-state index in [1.807, 2.05) is 0 Å². The normalized spacial score (nSPS) is 14.3. The van der Waals surface area contributed by atoms with Crippen molar-refractivity contribution in [3.63, 3.8) is 0 Å². The summed E-state index contributed by atoms with van der Waals surface area (Å²) in [6, 6.07) is 0. The Kier molecular flexibility index (Phi) is 7.44. The zero-order chi connectivity index (χ0) is 11.7. The Labute approximate surface area is 88.4 Å². The van der Waals surface area contributed by atoms with Crippen molar-refractivity contribution in [1.82, 2.24) is 10.4 Å². The molecule has 0 aromatic rings. The number of halogens is 2. The first-order valence-corrected chi connectivity index (χ1v) is 4.60. The van der Waals surface area contributed by atoms with Crippen LogP contribution in [0.15, 0.2) is 23.8 Å². The van der Waals surface area contributed by atoms with E-state index >= 15 is 0 Å². The second-order valence-corrected chi connectivity index (χ2v) is 2.90. The Hall–Kier alpha value is -1.23. The van der Waals surface area contributed by atoms with E-state index in [4.69, 9.17) is 0 Å². The molecule has 15 heavy (non-hydrogen) atoms. The lowest BCUT2D eigenvalue weighted by Gasteiger charge is -2.18. The van der Waals surface area contributed by atoms with E-state index in [-0.39, 0.29) is 6.54 Å². The molecule has 0 radical (unpaired) electrons. The highest BCUT2D eigenvalue weighted by atomic mass is 19.1. The summed E-state index contributed by atoms with van der Waals surface area (Å²) in [6.45, 7) is 0.913. The minimum Gasteiger partial charge on any atom is -0.277 e. The molecule has 0 rings (SSSR count). The van der Waals surface area contributed by atoms with Gasteiger partial charge in [-0.25, -0.2) is 14.2 Å². The van der Waals surface area contributed by atoms with Crippen LogP contribution in [-0.2, 0) is 4.79 Å². The summed E-state index contributed by atoms with van der Waals surface area (Å²) in [4.78, 5) is 10.5. The first-order valence-electron chi connectivity index (χ1n) is 4.60. The lowest BCUT2D eigenvalue weighted by atomic mass is 10.1. The van der Waals surface area contributed by atoms with Gasteiger partial charge in [0.2, 0.25) is 6.41 Å². The zero-order valence-electron chi connectivity index (χ0n) is 8.91. The van der Waals surface area contributed by atoms with E-state index in [1.165, 1.54) is 30.2 Å². The van der Waals surface area contributed by atoms with Crippen molar-refractivity contribution in [1.29, 1.82) is 0 Å². The van der Waals surface area contributed by atoms with Gasteiger partial charge in [0.05, 0.1) is 6.54 Å². The van der Waals surface area contributed by atoms with Crippen molar-refractivity contribution in [2.45, 2.75) is 13.1 Å². The van der Waals surface area contributed by atoms with Gasteiger partial charge in [0.15, 0.2) is 0 Å². The monoisotopic (exact) mass is 218 g/mol. The third kappa shape index (κ3) is 5.96. The number of hydrogen-bond donors (Lipinski definition) is 1. The minimum absolute atomic E-state index is 0.133. The van der Waals surface area contributed by atoms with Crippen LogP contribution in [0.3, 0.4) is 0 Å². The molecule has 1 atom stereocenters. The number of hydrazine groups is 1. The minimum atomic E-state index is -1.18. The topological polar surface area (TPSA) is 32.3 Å². The van der Waals surface area contributed by atoms with Crippen molar-refractivity contribution < 1.29 is 13.6 Å². The molecule has 0 bridgehead atoms. The highest BCUT2D eigenvalue weighted by Gasteiger charge is 2.09. The first kappa shape index (κ1) is 13.8. The number of rotatable bonds is 7. The van der Waals surface area contributed by atoms with Gasteiger partial charge in [0.1, 0.15) is 12.8 Å². The Morgan fingerprint density at radius 3 is 2.67 bits per heavy atom. The van der Waals surface area contributed by atoms with E-state index < -0.39 is 12.8 Å². The van der Waals surface area contributed by atoms with Crippen molar-refractivity contribution in [2.75, 3.05) is 20.3 Å². The van der Waals surface area contributed by atoms with Crippen LogP contribution in [0.4, 0.5) is 8.78 Å². The number of alkyl halides is 2. The average Bonchev–Trinajstić information content (AvgIpc) is 2.23. The van der Waals surface area contributed by atoms with Crippen molar-refractivity contribution in [2.24, 2.45) is 0 Å². The van der Waals surface area contributed by atoms with Crippen LogP contribution in [0.1, 0.15) is 6.92 Å². The third-order valence-electron chi connectivity index (χ3n) is 1.81. The van der Waals surface area contributed by atoms with Crippen LogP contribution in [0.2, 0.25) is 0 Å². The van der Waals surface area contributed by atoms with Gasteiger partial charge in [-0.15, -0.1) is 0 Å². The molecule has 0 aliphatic carbocycles. The fraction of sp³-hybridized carbons (Fsp3) is 0.500. The Morgan fingerprint density at radius 2 is 2.27 bits per heavy atom. The molecule has 0 aliphatic heterocycles. The van der Waals surface area contributed by atoms with Gasteiger partial charge in [-0.1, -0.05) is 18.2 Å². The molecule has 0 saturated heterocycles. The quantitative estimate of drug-likeness (QED) is 0.398. The van der Waals surface area contributed by atoms with Gasteiger partial charge in [-0.3, -0.25) is 9.80 Å². The van der Waals surface area contributed by atoms with Gasteiger partial charge in [-0.2, -0.15) is 0 Å². The second-order valence-electron chi connectivity index (χ2n) is 2.90. The van der Waals surface area contributed by atoms with Crippen molar-refractivity contribution in [3.8, 4) is 0 Å². The van der Waals surface area contributed by atoms with Gasteiger partial charge in [0.25, 0.3) is 0 Å². The van der Waals surface area contributed by atoms with E-state index in [1.54, 1.807) is 7.05 Å². The maximum absolute atomic E-state index is 13.1. The summed E-state index contributed by atoms with van der Waals surface area (Å²) in [5.74, 6) is 0. The molecule has 5 heteroatoms. The molecule has 0 unspecified atom stereocenters. The number of amides is 1. The highest BCUT2D eigenvalue weighted by molar-refractivity contribution is 5.47. The molecule has 0 heterocycles. The smallest absolute Gasteiger partial charge is 0.224 e. The molecule has 86 valence electrons. The Bertz CT molecular complexity index is 240. The number of allylic oxidation sites excluding steroid dienone is 3. The fourth-order valence-corrected chi connectivity index (χ4v) is 0.920. The maximum Gasteiger partial charge on any atom is 0.224 e. The van der Waals surface area contributed by atoms with E-state index in [9.17, 15) is 13.6 Å². The predicted octanol–water partition coefficient (Wildman–Crippen LogP) is 1.39. The Balaban J connectivity index is 4.45. The van der Waals surface area contributed by atoms with E-state index in [0.717, 1.165) is 0 Å². The van der Waals surface area contributed by atoms with Crippen LogP contribution >= 0.6 is 0 Å². The summed E-state index contributed by atoms with van der Waals surface area (Å²) < 4.78 is 24.8. The van der Waals surface area contributed by atoms with Crippen LogP contribution < -0.4 is 5.43 Å². The standard InChI is InChI=1S/C10H16F2N2O/c1-9(12)10(5-3-4-6-11)7-14(8-15)13-2/h3-5,8-9,13H,6-7H2,1-2H3/b4-3-,10-5-/t9-/m1/s1. The Morgan fingerprint density at radius 1 is 1.60 bits per heavy atom. The summed E-state index contributed by atoms with van der Waals surface area (Å²) in [5, 5.41) is 1.20. The maximum atomic E-state index is 13.1. The van der Waals surface area contributed by atoms with Crippen LogP contribution in [0.25, 0.3) is 0 Å². The number of nitrogens with one attached hydrogen (secondary N) is 1. The SMILES string of the molecule is CNN(C=O)C/C(=C/C=C\CF)[C@@H](C)F. The summed E-state index contributed by atoms with van der Waals surface area (Å²) in [5.41, 5.74) is 2.99.